The van der Waals surface area contributed by atoms with Gasteiger partial charge in [0.1, 0.15) is 0 Å². The lowest BCUT2D eigenvalue weighted by Gasteiger charge is -2.15. The molecule has 0 aliphatic rings. The van der Waals surface area contributed by atoms with E-state index in [-0.39, 0.29) is 5.41 Å². The van der Waals surface area contributed by atoms with Gasteiger partial charge < -0.3 is 0 Å². The fraction of sp³-hybridized carbons (Fsp3) is 0.308. The lowest BCUT2D eigenvalue weighted by Crippen LogP contribution is -2.07. The molecular formula is C13H14FNS. The minimum Gasteiger partial charge on any atom is -0.228 e. The van der Waals surface area contributed by atoms with E-state index in [4.69, 9.17) is 0 Å². The molecule has 0 aliphatic carbocycles. The molecule has 2 heterocycles. The lowest BCUT2D eigenvalue weighted by atomic mass is 9.95. The fourth-order valence-electron chi connectivity index (χ4n) is 1.46. The van der Waals surface area contributed by atoms with Crippen LogP contribution in [0.15, 0.2) is 30.5 Å². The molecule has 0 bridgehead atoms. The monoisotopic (exact) mass is 235 g/mol. The number of rotatable bonds is 1. The van der Waals surface area contributed by atoms with Gasteiger partial charge in [-0.1, -0.05) is 20.8 Å². The molecule has 84 valence electrons. The van der Waals surface area contributed by atoms with Crippen molar-refractivity contribution in [2.45, 2.75) is 26.2 Å². The molecule has 0 aliphatic heterocycles. The summed E-state index contributed by atoms with van der Waals surface area (Å²) in [6.45, 7) is 6.46. The average molecular weight is 235 g/mol. The van der Waals surface area contributed by atoms with Crippen molar-refractivity contribution in [3.63, 3.8) is 0 Å². The molecule has 0 N–H and O–H groups in total. The van der Waals surface area contributed by atoms with Crippen molar-refractivity contribution < 1.29 is 4.39 Å². The number of nitrogens with zero attached hydrogens (tertiary/aromatic N) is 1. The van der Waals surface area contributed by atoms with Crippen LogP contribution in [0.2, 0.25) is 0 Å². The van der Waals surface area contributed by atoms with Crippen LogP contribution in [0.5, 0.6) is 0 Å². The Morgan fingerprint density at radius 2 is 1.94 bits per heavy atom. The average Bonchev–Trinajstić information content (AvgIpc) is 2.66. The second-order valence-electron chi connectivity index (χ2n) is 4.76. The van der Waals surface area contributed by atoms with Crippen LogP contribution in [0.3, 0.4) is 0 Å². The number of hydrogen-bond acceptors (Lipinski definition) is 2. The second kappa shape index (κ2) is 3.98. The standard InChI is InChI=1S/C13H14FNS/c1-13(2,3)11-7-6-10(16-11)9-5-4-8-15-12(9)14/h4-8H,1-3H3. The molecule has 0 radical (unpaired) electrons. The third kappa shape index (κ3) is 2.14. The number of pyridine rings is 1. The number of aromatic nitrogens is 1. The Kier molecular flexibility index (Phi) is 2.80. The van der Waals surface area contributed by atoms with Crippen LogP contribution >= 0.6 is 11.3 Å². The molecular weight excluding hydrogens is 221 g/mol. The molecule has 0 saturated carbocycles. The largest absolute Gasteiger partial charge is 0.228 e. The van der Waals surface area contributed by atoms with Gasteiger partial charge in [0.2, 0.25) is 5.95 Å². The molecule has 0 aromatic carbocycles. The predicted octanol–water partition coefficient (Wildman–Crippen LogP) is 4.25. The van der Waals surface area contributed by atoms with E-state index >= 15 is 0 Å². The van der Waals surface area contributed by atoms with Crippen LogP contribution < -0.4 is 0 Å². The van der Waals surface area contributed by atoms with Crippen molar-refractivity contribution in [3.8, 4) is 10.4 Å². The van der Waals surface area contributed by atoms with E-state index in [0.717, 1.165) is 4.88 Å². The highest BCUT2D eigenvalue weighted by Crippen LogP contribution is 2.35. The highest BCUT2D eigenvalue weighted by Gasteiger charge is 2.17. The van der Waals surface area contributed by atoms with Crippen molar-refractivity contribution in [2.75, 3.05) is 0 Å². The fourth-order valence-corrected chi connectivity index (χ4v) is 2.53. The summed E-state index contributed by atoms with van der Waals surface area (Å²) in [6, 6.07) is 7.55. The first-order valence-electron chi connectivity index (χ1n) is 5.20. The molecule has 0 amide bonds. The molecule has 0 unspecified atom stereocenters. The van der Waals surface area contributed by atoms with Gasteiger partial charge in [0, 0.05) is 21.5 Å². The molecule has 3 heteroatoms. The maximum atomic E-state index is 13.5. The first kappa shape index (κ1) is 11.3. The van der Waals surface area contributed by atoms with Crippen LogP contribution in [0, 0.1) is 5.95 Å². The Morgan fingerprint density at radius 1 is 1.19 bits per heavy atom. The van der Waals surface area contributed by atoms with E-state index in [1.165, 1.54) is 11.1 Å². The Hall–Kier alpha value is -1.22. The van der Waals surface area contributed by atoms with Gasteiger partial charge in [-0.3, -0.25) is 0 Å². The minimum atomic E-state index is -0.398. The van der Waals surface area contributed by atoms with Gasteiger partial charge in [0.25, 0.3) is 0 Å². The Labute approximate surface area is 99.0 Å². The first-order chi connectivity index (χ1) is 7.48. The molecule has 2 rings (SSSR count). The topological polar surface area (TPSA) is 12.9 Å². The summed E-state index contributed by atoms with van der Waals surface area (Å²) in [7, 11) is 0. The number of thiophene rings is 1. The van der Waals surface area contributed by atoms with Crippen LogP contribution in [0.1, 0.15) is 25.6 Å². The summed E-state index contributed by atoms with van der Waals surface area (Å²) >= 11 is 1.63. The van der Waals surface area contributed by atoms with Crippen molar-refractivity contribution in [1.29, 1.82) is 0 Å². The summed E-state index contributed by atoms with van der Waals surface area (Å²) in [4.78, 5) is 5.86. The van der Waals surface area contributed by atoms with Gasteiger partial charge in [0.15, 0.2) is 0 Å². The van der Waals surface area contributed by atoms with Gasteiger partial charge in [-0.25, -0.2) is 4.98 Å². The predicted molar refractivity (Wildman–Crippen MR) is 66.2 cm³/mol. The van der Waals surface area contributed by atoms with Crippen molar-refractivity contribution >= 4 is 11.3 Å². The van der Waals surface area contributed by atoms with E-state index in [0.29, 0.717) is 5.56 Å². The van der Waals surface area contributed by atoms with Crippen LogP contribution in [0.4, 0.5) is 4.39 Å². The third-order valence-electron chi connectivity index (χ3n) is 2.37. The van der Waals surface area contributed by atoms with E-state index in [2.05, 4.69) is 31.8 Å². The summed E-state index contributed by atoms with van der Waals surface area (Å²) < 4.78 is 13.5. The van der Waals surface area contributed by atoms with Gasteiger partial charge in [-0.05, 0) is 29.7 Å². The van der Waals surface area contributed by atoms with Gasteiger partial charge in [-0.15, -0.1) is 11.3 Å². The van der Waals surface area contributed by atoms with E-state index in [1.807, 2.05) is 6.07 Å². The summed E-state index contributed by atoms with van der Waals surface area (Å²) in [5.41, 5.74) is 0.699. The second-order valence-corrected chi connectivity index (χ2v) is 5.84. The molecule has 16 heavy (non-hydrogen) atoms. The zero-order chi connectivity index (χ0) is 11.8. The van der Waals surface area contributed by atoms with Gasteiger partial charge in [-0.2, -0.15) is 4.39 Å². The molecule has 2 aromatic heterocycles. The zero-order valence-electron chi connectivity index (χ0n) is 9.62. The quantitative estimate of drug-likeness (QED) is 0.673. The molecule has 2 aromatic rings. The van der Waals surface area contributed by atoms with Crippen LogP contribution in [0.25, 0.3) is 10.4 Å². The van der Waals surface area contributed by atoms with Gasteiger partial charge in [0.05, 0.1) is 0 Å². The molecule has 0 fully saturated rings. The van der Waals surface area contributed by atoms with Crippen LogP contribution in [-0.4, -0.2) is 4.98 Å². The molecule has 0 atom stereocenters. The summed E-state index contributed by atoms with van der Waals surface area (Å²) in [5.74, 6) is -0.398. The van der Waals surface area contributed by atoms with Crippen molar-refractivity contribution in [3.05, 3.63) is 41.3 Å². The van der Waals surface area contributed by atoms with E-state index in [1.54, 1.807) is 23.5 Å². The maximum Gasteiger partial charge on any atom is 0.221 e. The summed E-state index contributed by atoms with van der Waals surface area (Å²) in [6.07, 6.45) is 1.47. The minimum absolute atomic E-state index is 0.113. The first-order valence-corrected chi connectivity index (χ1v) is 6.01. The Bertz CT molecular complexity index is 497. The summed E-state index contributed by atoms with van der Waals surface area (Å²) in [5, 5.41) is 0. The number of hydrogen-bond donors (Lipinski definition) is 0. The Morgan fingerprint density at radius 3 is 2.50 bits per heavy atom. The maximum absolute atomic E-state index is 13.5. The third-order valence-corrected chi connectivity index (χ3v) is 3.91. The highest BCUT2D eigenvalue weighted by atomic mass is 32.1. The highest BCUT2D eigenvalue weighted by molar-refractivity contribution is 7.15. The van der Waals surface area contributed by atoms with Gasteiger partial charge >= 0.3 is 0 Å². The molecule has 1 nitrogen and oxygen atoms in total. The smallest absolute Gasteiger partial charge is 0.221 e. The SMILES string of the molecule is CC(C)(C)c1ccc(-c2cccnc2F)s1. The molecule has 0 saturated heterocycles. The zero-order valence-corrected chi connectivity index (χ0v) is 10.4. The Balaban J connectivity index is 2.44. The lowest BCUT2D eigenvalue weighted by molar-refractivity contribution is 0.588. The van der Waals surface area contributed by atoms with Crippen molar-refractivity contribution in [1.82, 2.24) is 4.98 Å². The van der Waals surface area contributed by atoms with E-state index < -0.39 is 5.95 Å². The van der Waals surface area contributed by atoms with E-state index in [9.17, 15) is 4.39 Å². The van der Waals surface area contributed by atoms with Crippen molar-refractivity contribution in [2.24, 2.45) is 0 Å². The number of halogens is 1. The normalized spacial score (nSPS) is 11.8. The molecule has 0 spiro atoms. The van der Waals surface area contributed by atoms with Crippen LogP contribution in [-0.2, 0) is 5.41 Å².